The lowest BCUT2D eigenvalue weighted by Crippen LogP contribution is -2.49. The van der Waals surface area contributed by atoms with E-state index in [1.54, 1.807) is 0 Å². The highest BCUT2D eigenvalue weighted by molar-refractivity contribution is 7.89. The Labute approximate surface area is 163 Å². The Morgan fingerprint density at radius 1 is 1.37 bits per heavy atom. The summed E-state index contributed by atoms with van der Waals surface area (Å²) in [6.07, 6.45) is 1.84. The monoisotopic (exact) mass is 399 g/mol. The molecule has 2 atom stereocenters. The standard InChI is InChI=1S/C18H33N5O3S/c1-6-19-18(22(5)14-17-8-7-10-21(17)4)20-9-11-27(24,25)23-12-15(2)26-16(3)13-23/h7-8,10,15-16H,6,9,11-14H2,1-5H3,(H,19,20). The molecule has 1 N–H and O–H groups in total. The van der Waals surface area contributed by atoms with Crippen molar-refractivity contribution in [2.45, 2.75) is 39.5 Å². The SMILES string of the molecule is CCNC(=NCCS(=O)(=O)N1CC(C)OC(C)C1)N(C)Cc1cccn1C. The summed E-state index contributed by atoms with van der Waals surface area (Å²) >= 11 is 0. The quantitative estimate of drug-likeness (QED) is 0.543. The molecule has 0 amide bonds. The molecule has 0 bridgehead atoms. The van der Waals surface area contributed by atoms with E-state index in [1.807, 2.05) is 52.0 Å². The lowest BCUT2D eigenvalue weighted by atomic mass is 10.3. The summed E-state index contributed by atoms with van der Waals surface area (Å²) in [4.78, 5) is 6.53. The average Bonchev–Trinajstić information content (AvgIpc) is 2.98. The minimum absolute atomic E-state index is 0.000666. The van der Waals surface area contributed by atoms with Crippen molar-refractivity contribution in [3.8, 4) is 0 Å². The molecule has 0 radical (unpaired) electrons. The van der Waals surface area contributed by atoms with E-state index in [0.717, 1.165) is 12.2 Å². The molecular weight excluding hydrogens is 366 g/mol. The number of aromatic nitrogens is 1. The number of hydrogen-bond donors (Lipinski definition) is 1. The van der Waals surface area contributed by atoms with Crippen LogP contribution >= 0.6 is 0 Å². The van der Waals surface area contributed by atoms with Crippen LogP contribution in [0.1, 0.15) is 26.5 Å². The van der Waals surface area contributed by atoms with Crippen LogP contribution in [0.25, 0.3) is 0 Å². The highest BCUT2D eigenvalue weighted by Gasteiger charge is 2.30. The van der Waals surface area contributed by atoms with Gasteiger partial charge in [-0.25, -0.2) is 8.42 Å². The van der Waals surface area contributed by atoms with Gasteiger partial charge in [-0.3, -0.25) is 4.99 Å². The predicted octanol–water partition coefficient (Wildman–Crippen LogP) is 0.861. The third kappa shape index (κ3) is 6.22. The minimum Gasteiger partial charge on any atom is -0.373 e. The number of sulfonamides is 1. The van der Waals surface area contributed by atoms with E-state index in [9.17, 15) is 8.42 Å². The molecule has 8 nitrogen and oxygen atoms in total. The van der Waals surface area contributed by atoms with Crippen molar-refractivity contribution in [2.24, 2.45) is 12.0 Å². The van der Waals surface area contributed by atoms with E-state index in [4.69, 9.17) is 4.74 Å². The molecule has 0 spiro atoms. The Kier molecular flexibility index (Phi) is 7.69. The molecule has 1 aromatic rings. The maximum atomic E-state index is 12.7. The van der Waals surface area contributed by atoms with Gasteiger partial charge in [-0.05, 0) is 32.9 Å². The lowest BCUT2D eigenvalue weighted by Gasteiger charge is -2.34. The van der Waals surface area contributed by atoms with Gasteiger partial charge < -0.3 is 19.5 Å². The third-order valence-corrected chi connectivity index (χ3v) is 6.32. The van der Waals surface area contributed by atoms with E-state index in [-0.39, 0.29) is 24.5 Å². The molecule has 27 heavy (non-hydrogen) atoms. The van der Waals surface area contributed by atoms with Gasteiger partial charge in [-0.2, -0.15) is 4.31 Å². The fourth-order valence-electron chi connectivity index (χ4n) is 3.20. The molecule has 1 aliphatic rings. The van der Waals surface area contributed by atoms with E-state index in [1.165, 1.54) is 4.31 Å². The normalized spacial score (nSPS) is 22.0. The van der Waals surface area contributed by atoms with Gasteiger partial charge in [0.15, 0.2) is 5.96 Å². The number of rotatable bonds is 7. The van der Waals surface area contributed by atoms with Crippen molar-refractivity contribution in [1.82, 2.24) is 19.1 Å². The van der Waals surface area contributed by atoms with E-state index >= 15 is 0 Å². The maximum absolute atomic E-state index is 12.7. The van der Waals surface area contributed by atoms with E-state index in [2.05, 4.69) is 20.9 Å². The van der Waals surface area contributed by atoms with Crippen LogP contribution in [-0.2, 0) is 28.4 Å². The van der Waals surface area contributed by atoms with Crippen molar-refractivity contribution in [3.63, 3.8) is 0 Å². The summed E-state index contributed by atoms with van der Waals surface area (Å²) in [6, 6.07) is 4.06. The Hall–Kier alpha value is -1.58. The zero-order valence-electron chi connectivity index (χ0n) is 17.1. The Morgan fingerprint density at radius 2 is 2.04 bits per heavy atom. The highest BCUT2D eigenvalue weighted by atomic mass is 32.2. The molecule has 2 rings (SSSR count). The van der Waals surface area contributed by atoms with Crippen LogP contribution < -0.4 is 5.32 Å². The van der Waals surface area contributed by atoms with Gasteiger partial charge in [0.05, 0.1) is 31.1 Å². The fraction of sp³-hybridized carbons (Fsp3) is 0.722. The summed E-state index contributed by atoms with van der Waals surface area (Å²) in [5.41, 5.74) is 1.16. The molecule has 0 saturated carbocycles. The zero-order chi connectivity index (χ0) is 20.0. The topological polar surface area (TPSA) is 79.2 Å². The minimum atomic E-state index is -3.35. The lowest BCUT2D eigenvalue weighted by molar-refractivity contribution is -0.0440. The van der Waals surface area contributed by atoms with Crippen LogP contribution in [0.15, 0.2) is 23.3 Å². The first-order valence-electron chi connectivity index (χ1n) is 9.46. The second kappa shape index (κ2) is 9.57. The number of nitrogens with one attached hydrogen (secondary N) is 1. The van der Waals surface area contributed by atoms with E-state index < -0.39 is 10.0 Å². The smallest absolute Gasteiger partial charge is 0.216 e. The molecule has 1 aliphatic heterocycles. The van der Waals surface area contributed by atoms with Crippen LogP contribution in [0.4, 0.5) is 0 Å². The number of hydrogen-bond acceptors (Lipinski definition) is 4. The van der Waals surface area contributed by atoms with Gasteiger partial charge in [0, 0.05) is 45.6 Å². The first-order chi connectivity index (χ1) is 12.7. The molecule has 1 aromatic heterocycles. The molecule has 154 valence electrons. The van der Waals surface area contributed by atoms with Crippen LogP contribution in [0.3, 0.4) is 0 Å². The van der Waals surface area contributed by atoms with Crippen molar-refractivity contribution in [1.29, 1.82) is 0 Å². The Balaban J connectivity index is 1.98. The van der Waals surface area contributed by atoms with Crippen LogP contribution in [0.2, 0.25) is 0 Å². The van der Waals surface area contributed by atoms with E-state index in [0.29, 0.717) is 25.6 Å². The molecule has 1 fully saturated rings. The number of ether oxygens (including phenoxy) is 1. The van der Waals surface area contributed by atoms with Gasteiger partial charge in [-0.1, -0.05) is 0 Å². The third-order valence-electron chi connectivity index (χ3n) is 4.54. The van der Waals surface area contributed by atoms with Crippen LogP contribution in [0.5, 0.6) is 0 Å². The largest absolute Gasteiger partial charge is 0.373 e. The zero-order valence-corrected chi connectivity index (χ0v) is 17.9. The summed E-state index contributed by atoms with van der Waals surface area (Å²) in [6.45, 7) is 8.26. The Morgan fingerprint density at radius 3 is 2.59 bits per heavy atom. The average molecular weight is 400 g/mol. The van der Waals surface area contributed by atoms with Gasteiger partial charge in [0.25, 0.3) is 0 Å². The number of aliphatic imine (C=N–C) groups is 1. The summed E-state index contributed by atoms with van der Waals surface area (Å²) in [5.74, 6) is 0.705. The number of guanidine groups is 1. The highest BCUT2D eigenvalue weighted by Crippen LogP contribution is 2.14. The number of morpholine rings is 1. The molecule has 0 aliphatic carbocycles. The van der Waals surface area contributed by atoms with Crippen molar-refractivity contribution < 1.29 is 13.2 Å². The molecule has 0 aromatic carbocycles. The molecule has 2 unspecified atom stereocenters. The second-order valence-electron chi connectivity index (χ2n) is 7.09. The van der Waals surface area contributed by atoms with Crippen molar-refractivity contribution in [3.05, 3.63) is 24.0 Å². The first kappa shape index (κ1) is 21.7. The van der Waals surface area contributed by atoms with Gasteiger partial charge in [0.1, 0.15) is 0 Å². The van der Waals surface area contributed by atoms with Gasteiger partial charge in [-0.15, -0.1) is 0 Å². The molecule has 9 heteroatoms. The summed E-state index contributed by atoms with van der Waals surface area (Å²) in [7, 11) is 0.611. The van der Waals surface area contributed by atoms with Crippen molar-refractivity contribution >= 4 is 16.0 Å². The number of nitrogens with zero attached hydrogens (tertiary/aromatic N) is 4. The molecular formula is C18H33N5O3S. The van der Waals surface area contributed by atoms with Gasteiger partial charge in [0.2, 0.25) is 10.0 Å². The summed E-state index contributed by atoms with van der Waals surface area (Å²) < 4.78 is 34.5. The van der Waals surface area contributed by atoms with Crippen LogP contribution in [-0.4, -0.2) is 79.3 Å². The van der Waals surface area contributed by atoms with Crippen LogP contribution in [0, 0.1) is 0 Å². The number of aryl methyl sites for hydroxylation is 1. The Bertz CT molecular complexity index is 721. The maximum Gasteiger partial charge on any atom is 0.216 e. The first-order valence-corrected chi connectivity index (χ1v) is 11.1. The van der Waals surface area contributed by atoms with Crippen molar-refractivity contribution in [2.75, 3.05) is 39.0 Å². The fourth-order valence-corrected chi connectivity index (χ4v) is 4.66. The van der Waals surface area contributed by atoms with Gasteiger partial charge >= 0.3 is 0 Å². The molecule has 2 heterocycles. The predicted molar refractivity (Wildman–Crippen MR) is 108 cm³/mol. The second-order valence-corrected chi connectivity index (χ2v) is 9.18. The summed E-state index contributed by atoms with van der Waals surface area (Å²) in [5, 5.41) is 3.23. The molecule has 1 saturated heterocycles.